The lowest BCUT2D eigenvalue weighted by molar-refractivity contribution is -0.115. The minimum atomic E-state index is -1.07. The third kappa shape index (κ3) is 9.07. The number of benzene rings is 4. The molecule has 0 saturated heterocycles. The predicted molar refractivity (Wildman–Crippen MR) is 177 cm³/mol. The number of hydrogen-bond acceptors (Lipinski definition) is 6. The van der Waals surface area contributed by atoms with Gasteiger partial charge < -0.3 is 25.8 Å². The molecular weight excluding hydrogens is 590 g/mol. The van der Waals surface area contributed by atoms with Gasteiger partial charge in [-0.3, -0.25) is 14.4 Å². The number of carboxylic acid groups (broad SMARTS) is 1. The maximum Gasteiger partial charge on any atom is 0.335 e. The number of ether oxygens (including phenoxy) is 1. The number of carboxylic acids is 1. The summed E-state index contributed by atoms with van der Waals surface area (Å²) in [6.07, 6.45) is 1.57. The smallest absolute Gasteiger partial charge is 0.335 e. The number of aryl methyl sites for hydroxylation is 1. The summed E-state index contributed by atoms with van der Waals surface area (Å²) in [5.74, 6) is -1.74. The summed E-state index contributed by atoms with van der Waals surface area (Å²) in [5, 5.41) is 17.1. The highest BCUT2D eigenvalue weighted by atomic mass is 32.2. The van der Waals surface area contributed by atoms with Crippen LogP contribution in [0.2, 0.25) is 0 Å². The Morgan fingerprint density at radius 1 is 0.867 bits per heavy atom. The van der Waals surface area contributed by atoms with E-state index >= 15 is 0 Å². The van der Waals surface area contributed by atoms with Crippen LogP contribution in [-0.2, 0) is 9.59 Å². The van der Waals surface area contributed by atoms with Crippen LogP contribution in [-0.4, -0.2) is 40.7 Å². The topological polar surface area (TPSA) is 134 Å². The van der Waals surface area contributed by atoms with E-state index in [0.717, 1.165) is 10.5 Å². The molecule has 4 aromatic carbocycles. The second-order valence-electron chi connectivity index (χ2n) is 9.91. The van der Waals surface area contributed by atoms with Gasteiger partial charge in [-0.25, -0.2) is 4.79 Å². The molecule has 0 spiro atoms. The van der Waals surface area contributed by atoms with E-state index < -0.39 is 23.0 Å². The second-order valence-corrected chi connectivity index (χ2v) is 11.3. The molecule has 10 heteroatoms. The first-order valence-electron chi connectivity index (χ1n) is 14.2. The van der Waals surface area contributed by atoms with Crippen LogP contribution in [0.15, 0.2) is 108 Å². The molecule has 4 aromatic rings. The number of nitrogens with one attached hydrogen (secondary N) is 3. The van der Waals surface area contributed by atoms with Crippen molar-refractivity contribution < 1.29 is 29.0 Å². The maximum absolute atomic E-state index is 13.4. The Bertz CT molecular complexity index is 1720. The molecular formula is C35H33N3O6S. The number of hydrogen-bond donors (Lipinski definition) is 4. The quantitative estimate of drug-likeness (QED) is 0.103. The lowest BCUT2D eigenvalue weighted by atomic mass is 10.1. The first-order valence-corrected chi connectivity index (χ1v) is 15.1. The predicted octanol–water partition coefficient (Wildman–Crippen LogP) is 6.62. The third-order valence-electron chi connectivity index (χ3n) is 6.58. The lowest BCUT2D eigenvalue weighted by Crippen LogP contribution is -2.30. The first-order chi connectivity index (χ1) is 21.6. The first kappa shape index (κ1) is 32.6. The van der Waals surface area contributed by atoms with Gasteiger partial charge in [0.2, 0.25) is 5.91 Å². The average molecular weight is 624 g/mol. The Hall–Kier alpha value is -5.35. The number of amides is 3. The van der Waals surface area contributed by atoms with E-state index in [1.165, 1.54) is 23.9 Å². The molecule has 0 bridgehead atoms. The van der Waals surface area contributed by atoms with Crippen molar-refractivity contribution >= 4 is 52.9 Å². The Morgan fingerprint density at radius 3 is 2.24 bits per heavy atom. The highest BCUT2D eigenvalue weighted by Gasteiger charge is 2.18. The summed E-state index contributed by atoms with van der Waals surface area (Å²) in [6, 6.07) is 27.3. The van der Waals surface area contributed by atoms with Gasteiger partial charge in [0.25, 0.3) is 11.8 Å². The van der Waals surface area contributed by atoms with Crippen LogP contribution in [0.1, 0.15) is 45.7 Å². The fourth-order valence-electron chi connectivity index (χ4n) is 4.18. The van der Waals surface area contributed by atoms with Gasteiger partial charge in [0.15, 0.2) is 0 Å². The minimum Gasteiger partial charge on any atom is -0.493 e. The van der Waals surface area contributed by atoms with Crippen molar-refractivity contribution in [1.82, 2.24) is 5.32 Å². The third-order valence-corrected chi connectivity index (χ3v) is 7.70. The van der Waals surface area contributed by atoms with Crippen molar-refractivity contribution in [2.24, 2.45) is 0 Å². The molecule has 0 aromatic heterocycles. The van der Waals surface area contributed by atoms with E-state index in [2.05, 4.69) is 16.0 Å². The van der Waals surface area contributed by atoms with Crippen LogP contribution < -0.4 is 20.7 Å². The Kier molecular flexibility index (Phi) is 11.1. The lowest BCUT2D eigenvalue weighted by Gasteiger charge is -2.15. The van der Waals surface area contributed by atoms with E-state index in [-0.39, 0.29) is 17.2 Å². The summed E-state index contributed by atoms with van der Waals surface area (Å²) >= 11 is 1.31. The Morgan fingerprint density at radius 2 is 1.56 bits per heavy atom. The molecule has 0 heterocycles. The fraction of sp³-hybridized carbons (Fsp3) is 0.143. The standard InChI is InChI=1S/C35H33N3O6S/c1-4-44-31-13-9-8-12-25(31)20-30(38-33(40)24-10-6-5-7-11-24)34(41)36-27-16-18-28(19-17-27)45-23(3)32(39)37-29-21-26(35(42)43)15-14-22(29)2/h5-21,23H,4H2,1-3H3,(H,36,41)(H,37,39)(H,38,40)(H,42,43)/b30-20-. The molecule has 0 radical (unpaired) electrons. The maximum atomic E-state index is 13.4. The highest BCUT2D eigenvalue weighted by Crippen LogP contribution is 2.27. The van der Waals surface area contributed by atoms with Gasteiger partial charge in [-0.2, -0.15) is 0 Å². The van der Waals surface area contributed by atoms with Gasteiger partial charge >= 0.3 is 5.97 Å². The minimum absolute atomic E-state index is 0.0296. The van der Waals surface area contributed by atoms with Crippen molar-refractivity contribution in [3.05, 3.63) is 125 Å². The van der Waals surface area contributed by atoms with Gasteiger partial charge in [-0.15, -0.1) is 11.8 Å². The molecule has 230 valence electrons. The van der Waals surface area contributed by atoms with Gasteiger partial charge in [0, 0.05) is 27.4 Å². The van der Waals surface area contributed by atoms with Gasteiger partial charge in [-0.05, 0) is 87.0 Å². The molecule has 0 aliphatic carbocycles. The zero-order valence-electron chi connectivity index (χ0n) is 25.0. The normalized spacial score (nSPS) is 11.7. The number of thioether (sulfide) groups is 1. The highest BCUT2D eigenvalue weighted by molar-refractivity contribution is 8.00. The number of carbonyl (C=O) groups is 4. The molecule has 45 heavy (non-hydrogen) atoms. The summed E-state index contributed by atoms with van der Waals surface area (Å²) < 4.78 is 5.70. The SMILES string of the molecule is CCOc1ccccc1/C=C(\NC(=O)c1ccccc1)C(=O)Nc1ccc(SC(C)C(=O)Nc2cc(C(=O)O)ccc2C)cc1. The van der Waals surface area contributed by atoms with Gasteiger partial charge in [0.1, 0.15) is 11.4 Å². The average Bonchev–Trinajstić information content (AvgIpc) is 3.03. The van der Waals surface area contributed by atoms with Crippen molar-refractivity contribution in [2.75, 3.05) is 17.2 Å². The number of carbonyl (C=O) groups excluding carboxylic acids is 3. The van der Waals surface area contributed by atoms with Crippen molar-refractivity contribution in [2.45, 2.75) is 30.9 Å². The number of aromatic carboxylic acids is 1. The Labute approximate surface area is 265 Å². The Balaban J connectivity index is 1.46. The molecule has 0 saturated carbocycles. The van der Waals surface area contributed by atoms with Crippen molar-refractivity contribution in [1.29, 1.82) is 0 Å². The molecule has 3 amide bonds. The summed E-state index contributed by atoms with van der Waals surface area (Å²) in [4.78, 5) is 51.4. The summed E-state index contributed by atoms with van der Waals surface area (Å²) in [6.45, 7) is 5.84. The fourth-order valence-corrected chi connectivity index (χ4v) is 5.05. The molecule has 4 N–H and O–H groups in total. The monoisotopic (exact) mass is 623 g/mol. The largest absolute Gasteiger partial charge is 0.493 e. The van der Waals surface area contributed by atoms with Crippen molar-refractivity contribution in [3.8, 4) is 5.75 Å². The van der Waals surface area contributed by atoms with Crippen LogP contribution >= 0.6 is 11.8 Å². The van der Waals surface area contributed by atoms with E-state index in [4.69, 9.17) is 4.74 Å². The van der Waals surface area contributed by atoms with Crippen LogP contribution in [0.5, 0.6) is 5.75 Å². The van der Waals surface area contributed by atoms with Gasteiger partial charge in [-0.1, -0.05) is 42.5 Å². The number of rotatable bonds is 12. The molecule has 0 fully saturated rings. The van der Waals surface area contributed by atoms with Crippen molar-refractivity contribution in [3.63, 3.8) is 0 Å². The zero-order valence-corrected chi connectivity index (χ0v) is 25.8. The van der Waals surface area contributed by atoms with Crippen LogP contribution in [0.4, 0.5) is 11.4 Å². The molecule has 1 unspecified atom stereocenters. The number of para-hydroxylation sites is 1. The van der Waals surface area contributed by atoms with Crippen LogP contribution in [0, 0.1) is 6.92 Å². The van der Waals surface area contributed by atoms with E-state index in [1.807, 2.05) is 19.1 Å². The zero-order chi connectivity index (χ0) is 32.3. The van der Waals surface area contributed by atoms with Gasteiger partial charge in [0.05, 0.1) is 17.4 Å². The van der Waals surface area contributed by atoms with E-state index in [1.54, 1.807) is 92.7 Å². The molecule has 4 rings (SSSR count). The van der Waals surface area contributed by atoms with Crippen LogP contribution in [0.3, 0.4) is 0 Å². The second kappa shape index (κ2) is 15.4. The molecule has 0 aliphatic heterocycles. The summed E-state index contributed by atoms with van der Waals surface area (Å²) in [7, 11) is 0. The molecule has 0 aliphatic rings. The summed E-state index contributed by atoms with van der Waals surface area (Å²) in [5.41, 5.74) is 2.82. The number of anilines is 2. The molecule has 1 atom stereocenters. The van der Waals surface area contributed by atoms with E-state index in [9.17, 15) is 24.3 Å². The van der Waals surface area contributed by atoms with Crippen LogP contribution in [0.25, 0.3) is 6.08 Å². The van der Waals surface area contributed by atoms with E-state index in [0.29, 0.717) is 34.9 Å². The molecule has 9 nitrogen and oxygen atoms in total.